The third-order valence-electron chi connectivity index (χ3n) is 2.75. The van der Waals surface area contributed by atoms with Crippen LogP contribution in [0, 0.1) is 12.7 Å². The zero-order valence-electron chi connectivity index (χ0n) is 11.1. The summed E-state index contributed by atoms with van der Waals surface area (Å²) in [5.41, 5.74) is 1.83. The molecule has 0 unspecified atom stereocenters. The Morgan fingerprint density at radius 3 is 2.47 bits per heavy atom. The fraction of sp³-hybridized carbons (Fsp3) is 0.286. The molecular weight excluding hydrogens is 245 g/mol. The van der Waals surface area contributed by atoms with Gasteiger partial charge in [-0.1, -0.05) is 0 Å². The maximum absolute atomic E-state index is 12.8. The molecule has 0 radical (unpaired) electrons. The van der Waals surface area contributed by atoms with Crippen LogP contribution in [0.5, 0.6) is 0 Å². The van der Waals surface area contributed by atoms with Crippen molar-refractivity contribution < 1.29 is 9.18 Å². The van der Waals surface area contributed by atoms with E-state index in [0.29, 0.717) is 11.4 Å². The molecule has 4 nitrogen and oxygen atoms in total. The molecule has 1 N–H and O–H groups in total. The van der Waals surface area contributed by atoms with Crippen LogP contribution in [0.15, 0.2) is 30.3 Å². The lowest BCUT2D eigenvalue weighted by atomic mass is 10.3. The number of aromatic nitrogens is 2. The number of halogens is 1. The van der Waals surface area contributed by atoms with Crippen molar-refractivity contribution in [1.82, 2.24) is 9.78 Å². The van der Waals surface area contributed by atoms with Crippen LogP contribution in [0.1, 0.15) is 36.1 Å². The Morgan fingerprint density at radius 2 is 1.95 bits per heavy atom. The SMILES string of the molecule is Cc1cc(C(=O)Nc2ccc(F)cc2)nn1C(C)C. The number of nitrogens with zero attached hydrogens (tertiary/aromatic N) is 2. The summed E-state index contributed by atoms with van der Waals surface area (Å²) in [4.78, 5) is 12.0. The van der Waals surface area contributed by atoms with E-state index >= 15 is 0 Å². The van der Waals surface area contributed by atoms with Crippen LogP contribution in [0.4, 0.5) is 10.1 Å². The number of anilines is 1. The summed E-state index contributed by atoms with van der Waals surface area (Å²) < 4.78 is 14.6. The van der Waals surface area contributed by atoms with Gasteiger partial charge in [0.1, 0.15) is 5.82 Å². The standard InChI is InChI=1S/C14H16FN3O/c1-9(2)18-10(3)8-13(17-18)14(19)16-12-6-4-11(15)5-7-12/h4-9H,1-3H3,(H,16,19). The molecule has 100 valence electrons. The van der Waals surface area contributed by atoms with Gasteiger partial charge in [-0.05, 0) is 51.1 Å². The Balaban J connectivity index is 2.16. The average Bonchev–Trinajstić information content (AvgIpc) is 2.74. The van der Waals surface area contributed by atoms with Crippen molar-refractivity contribution in [3.05, 3.63) is 47.5 Å². The molecule has 0 bridgehead atoms. The van der Waals surface area contributed by atoms with Crippen LogP contribution in [-0.4, -0.2) is 15.7 Å². The van der Waals surface area contributed by atoms with Gasteiger partial charge in [0.15, 0.2) is 5.69 Å². The number of carbonyl (C=O) groups excluding carboxylic acids is 1. The van der Waals surface area contributed by atoms with E-state index in [2.05, 4.69) is 10.4 Å². The minimum atomic E-state index is -0.335. The molecule has 0 spiro atoms. The lowest BCUT2D eigenvalue weighted by Gasteiger charge is -2.07. The van der Waals surface area contributed by atoms with Gasteiger partial charge in [-0.2, -0.15) is 5.10 Å². The van der Waals surface area contributed by atoms with E-state index in [9.17, 15) is 9.18 Å². The van der Waals surface area contributed by atoms with Crippen molar-refractivity contribution in [2.75, 3.05) is 5.32 Å². The third-order valence-corrected chi connectivity index (χ3v) is 2.75. The lowest BCUT2D eigenvalue weighted by Crippen LogP contribution is -2.14. The zero-order valence-corrected chi connectivity index (χ0v) is 11.1. The number of benzene rings is 1. The van der Waals surface area contributed by atoms with Crippen LogP contribution in [0.3, 0.4) is 0 Å². The van der Waals surface area contributed by atoms with Gasteiger partial charge in [-0.3, -0.25) is 9.48 Å². The fourth-order valence-corrected chi connectivity index (χ4v) is 1.85. The van der Waals surface area contributed by atoms with Gasteiger partial charge in [0, 0.05) is 17.4 Å². The molecule has 19 heavy (non-hydrogen) atoms. The summed E-state index contributed by atoms with van der Waals surface area (Å²) in [5, 5.41) is 6.94. The second-order valence-corrected chi connectivity index (χ2v) is 4.67. The summed E-state index contributed by atoms with van der Waals surface area (Å²) in [6, 6.07) is 7.56. The van der Waals surface area contributed by atoms with Crippen LogP contribution >= 0.6 is 0 Å². The summed E-state index contributed by atoms with van der Waals surface area (Å²) in [6.07, 6.45) is 0. The molecule has 0 aliphatic heterocycles. The van der Waals surface area contributed by atoms with Gasteiger partial charge in [-0.25, -0.2) is 4.39 Å². The second kappa shape index (κ2) is 5.22. The third kappa shape index (κ3) is 2.99. The summed E-state index contributed by atoms with van der Waals surface area (Å²) in [7, 11) is 0. The molecule has 2 rings (SSSR count). The van der Waals surface area contributed by atoms with Crippen LogP contribution < -0.4 is 5.32 Å². The van der Waals surface area contributed by atoms with E-state index in [1.54, 1.807) is 10.7 Å². The topological polar surface area (TPSA) is 46.9 Å². The Kier molecular flexibility index (Phi) is 3.64. The molecule has 0 aliphatic rings. The monoisotopic (exact) mass is 261 g/mol. The summed E-state index contributed by atoms with van der Waals surface area (Å²) in [6.45, 7) is 5.91. The molecule has 1 heterocycles. The molecule has 2 aromatic rings. The van der Waals surface area contributed by atoms with E-state index in [-0.39, 0.29) is 17.8 Å². The van der Waals surface area contributed by atoms with Crippen molar-refractivity contribution in [3.8, 4) is 0 Å². The molecule has 5 heteroatoms. The van der Waals surface area contributed by atoms with Gasteiger partial charge < -0.3 is 5.32 Å². The highest BCUT2D eigenvalue weighted by Gasteiger charge is 2.13. The van der Waals surface area contributed by atoms with Gasteiger partial charge in [0.25, 0.3) is 5.91 Å². The minimum absolute atomic E-state index is 0.201. The van der Waals surface area contributed by atoms with Crippen molar-refractivity contribution in [2.24, 2.45) is 0 Å². The molecule has 0 saturated carbocycles. The van der Waals surface area contributed by atoms with Crippen molar-refractivity contribution in [1.29, 1.82) is 0 Å². The maximum Gasteiger partial charge on any atom is 0.276 e. The Hall–Kier alpha value is -2.17. The molecule has 1 aromatic carbocycles. The normalized spacial score (nSPS) is 10.8. The van der Waals surface area contributed by atoms with Crippen molar-refractivity contribution in [3.63, 3.8) is 0 Å². The number of carbonyl (C=O) groups is 1. The number of amides is 1. The molecule has 1 amide bonds. The molecule has 0 atom stereocenters. The predicted octanol–water partition coefficient (Wildman–Crippen LogP) is 3.16. The first kappa shape index (κ1) is 13.3. The van der Waals surface area contributed by atoms with Crippen molar-refractivity contribution in [2.45, 2.75) is 26.8 Å². The first-order valence-electron chi connectivity index (χ1n) is 6.10. The largest absolute Gasteiger partial charge is 0.321 e. The van der Waals surface area contributed by atoms with E-state index in [4.69, 9.17) is 0 Å². The summed E-state index contributed by atoms with van der Waals surface area (Å²) >= 11 is 0. The predicted molar refractivity (Wildman–Crippen MR) is 71.7 cm³/mol. The number of aryl methyl sites for hydroxylation is 1. The van der Waals surface area contributed by atoms with E-state index in [1.807, 2.05) is 20.8 Å². The molecule has 0 fully saturated rings. The maximum atomic E-state index is 12.8. The van der Waals surface area contributed by atoms with Gasteiger partial charge >= 0.3 is 0 Å². The van der Waals surface area contributed by atoms with E-state index in [0.717, 1.165) is 5.69 Å². The Bertz CT molecular complexity index is 587. The lowest BCUT2D eigenvalue weighted by molar-refractivity contribution is 0.102. The summed E-state index contributed by atoms with van der Waals surface area (Å²) in [5.74, 6) is -0.632. The average molecular weight is 261 g/mol. The van der Waals surface area contributed by atoms with Crippen LogP contribution in [-0.2, 0) is 0 Å². The van der Waals surface area contributed by atoms with E-state index in [1.165, 1.54) is 24.3 Å². The highest BCUT2D eigenvalue weighted by molar-refractivity contribution is 6.02. The number of hydrogen-bond donors (Lipinski definition) is 1. The highest BCUT2D eigenvalue weighted by atomic mass is 19.1. The highest BCUT2D eigenvalue weighted by Crippen LogP contribution is 2.13. The molecule has 0 aliphatic carbocycles. The molecular formula is C14H16FN3O. The number of hydrogen-bond acceptors (Lipinski definition) is 2. The smallest absolute Gasteiger partial charge is 0.276 e. The Labute approximate surface area is 111 Å². The minimum Gasteiger partial charge on any atom is -0.321 e. The second-order valence-electron chi connectivity index (χ2n) is 4.67. The van der Waals surface area contributed by atoms with Crippen LogP contribution in [0.2, 0.25) is 0 Å². The zero-order chi connectivity index (χ0) is 14.0. The van der Waals surface area contributed by atoms with Gasteiger partial charge in [0.05, 0.1) is 0 Å². The van der Waals surface area contributed by atoms with E-state index < -0.39 is 0 Å². The fourth-order valence-electron chi connectivity index (χ4n) is 1.85. The molecule has 1 aromatic heterocycles. The Morgan fingerprint density at radius 1 is 1.32 bits per heavy atom. The van der Waals surface area contributed by atoms with Gasteiger partial charge in [-0.15, -0.1) is 0 Å². The number of rotatable bonds is 3. The van der Waals surface area contributed by atoms with Gasteiger partial charge in [0.2, 0.25) is 0 Å². The van der Waals surface area contributed by atoms with Crippen LogP contribution in [0.25, 0.3) is 0 Å². The molecule has 0 saturated heterocycles. The first-order chi connectivity index (χ1) is 8.97. The van der Waals surface area contributed by atoms with Crippen molar-refractivity contribution >= 4 is 11.6 Å². The quantitative estimate of drug-likeness (QED) is 0.922. The number of nitrogens with one attached hydrogen (secondary N) is 1. The first-order valence-corrected chi connectivity index (χ1v) is 6.10.